The summed E-state index contributed by atoms with van der Waals surface area (Å²) in [6.07, 6.45) is 0. The van der Waals surface area contributed by atoms with E-state index in [1.54, 1.807) is 13.0 Å². The van der Waals surface area contributed by atoms with Gasteiger partial charge >= 0.3 is 5.97 Å². The molecule has 0 fully saturated rings. The van der Waals surface area contributed by atoms with Crippen molar-refractivity contribution in [3.8, 4) is 5.75 Å². The molecule has 0 saturated heterocycles. The summed E-state index contributed by atoms with van der Waals surface area (Å²) in [5, 5.41) is 2.92. The molecule has 0 spiro atoms. The molecule has 1 heterocycles. The number of esters is 1. The van der Waals surface area contributed by atoms with Crippen molar-refractivity contribution in [1.82, 2.24) is 0 Å². The zero-order valence-electron chi connectivity index (χ0n) is 12.6. The van der Waals surface area contributed by atoms with E-state index in [2.05, 4.69) is 37.2 Å². The van der Waals surface area contributed by atoms with Gasteiger partial charge in [0, 0.05) is 10.5 Å². The normalized spacial score (nSPS) is 10.4. The lowest BCUT2D eigenvalue weighted by atomic mass is 10.1. The summed E-state index contributed by atoms with van der Waals surface area (Å²) in [7, 11) is 1.42. The minimum Gasteiger partial charge on any atom is -0.496 e. The highest BCUT2D eigenvalue weighted by molar-refractivity contribution is 9.13. The van der Waals surface area contributed by atoms with Crippen molar-refractivity contribution in [2.24, 2.45) is 0 Å². The van der Waals surface area contributed by atoms with Crippen LogP contribution in [-0.4, -0.2) is 25.6 Å². The van der Waals surface area contributed by atoms with E-state index in [1.165, 1.54) is 30.6 Å². The number of thiophene rings is 1. The molecule has 0 radical (unpaired) electrons. The van der Waals surface area contributed by atoms with Crippen LogP contribution in [0.15, 0.2) is 26.5 Å². The highest BCUT2D eigenvalue weighted by Crippen LogP contribution is 2.35. The molecule has 5 nitrogen and oxygen atoms in total. The maximum atomic E-state index is 12.3. The van der Waals surface area contributed by atoms with E-state index in [1.807, 2.05) is 0 Å². The molecule has 1 aromatic carbocycles. The van der Waals surface area contributed by atoms with Crippen molar-refractivity contribution < 1.29 is 19.1 Å². The lowest BCUT2D eigenvalue weighted by molar-refractivity contribution is 0.0522. The van der Waals surface area contributed by atoms with Crippen LogP contribution < -0.4 is 10.1 Å². The Hall–Kier alpha value is -1.09. The van der Waals surface area contributed by atoms with Crippen molar-refractivity contribution in [1.29, 1.82) is 0 Å². The zero-order valence-corrected chi connectivity index (χ0v) is 17.4. The minimum absolute atomic E-state index is 0.198. The fraction of sp³-hybridized carbons (Fsp3) is 0.200. The predicted octanol–water partition coefficient (Wildman–Crippen LogP) is 5.36. The number of carbonyl (C=O) groups is 2. The predicted molar refractivity (Wildman–Crippen MR) is 102 cm³/mol. The first kappa shape index (κ1) is 19.2. The second-order valence-corrected chi connectivity index (χ2v) is 8.07. The van der Waals surface area contributed by atoms with Gasteiger partial charge in [-0.25, -0.2) is 4.79 Å². The van der Waals surface area contributed by atoms with Crippen LogP contribution in [0.25, 0.3) is 0 Å². The number of nitrogens with one attached hydrogen (secondary N) is 1. The van der Waals surface area contributed by atoms with Crippen LogP contribution in [0.5, 0.6) is 5.75 Å². The molecule has 0 unspecified atom stereocenters. The monoisotopic (exact) mass is 495 g/mol. The van der Waals surface area contributed by atoms with Gasteiger partial charge in [0.25, 0.3) is 5.91 Å². The topological polar surface area (TPSA) is 64.6 Å². The van der Waals surface area contributed by atoms with Gasteiger partial charge in [0.2, 0.25) is 0 Å². The van der Waals surface area contributed by atoms with E-state index in [0.29, 0.717) is 10.6 Å². The summed E-state index contributed by atoms with van der Waals surface area (Å²) in [4.78, 5) is 24.7. The fourth-order valence-electron chi connectivity index (χ4n) is 1.83. The first-order valence-electron chi connectivity index (χ1n) is 6.68. The highest BCUT2D eigenvalue weighted by atomic mass is 79.9. The lowest BCUT2D eigenvalue weighted by Gasteiger charge is -2.12. The summed E-state index contributed by atoms with van der Waals surface area (Å²) in [5.74, 6) is -0.596. The number of carbonyl (C=O) groups excluding carboxylic acids is 2. The number of halogens is 3. The van der Waals surface area contributed by atoms with Crippen molar-refractivity contribution in [2.75, 3.05) is 19.0 Å². The van der Waals surface area contributed by atoms with Crippen LogP contribution in [-0.2, 0) is 4.74 Å². The van der Waals surface area contributed by atoms with E-state index in [-0.39, 0.29) is 28.8 Å². The van der Waals surface area contributed by atoms with E-state index < -0.39 is 5.97 Å². The summed E-state index contributed by atoms with van der Waals surface area (Å²) in [6.45, 7) is 1.94. The zero-order chi connectivity index (χ0) is 17.9. The van der Waals surface area contributed by atoms with Crippen molar-refractivity contribution in [2.45, 2.75) is 6.92 Å². The number of amides is 1. The quantitative estimate of drug-likeness (QED) is 0.565. The van der Waals surface area contributed by atoms with E-state index in [0.717, 1.165) is 8.26 Å². The Morgan fingerprint density at radius 1 is 1.29 bits per heavy atom. The lowest BCUT2D eigenvalue weighted by Crippen LogP contribution is -2.12. The van der Waals surface area contributed by atoms with Gasteiger partial charge in [0.05, 0.1) is 33.1 Å². The summed E-state index contributed by atoms with van der Waals surface area (Å²) >= 11 is 14.1. The first-order chi connectivity index (χ1) is 11.4. The van der Waals surface area contributed by atoms with E-state index in [9.17, 15) is 9.59 Å². The molecular formula is C15H12Br2ClNO4S. The minimum atomic E-state index is -0.541. The summed E-state index contributed by atoms with van der Waals surface area (Å²) < 4.78 is 11.8. The molecule has 0 aliphatic rings. The molecule has 128 valence electrons. The van der Waals surface area contributed by atoms with Crippen LogP contribution in [0.2, 0.25) is 5.02 Å². The van der Waals surface area contributed by atoms with Crippen LogP contribution in [0.1, 0.15) is 27.0 Å². The molecule has 0 aliphatic heterocycles. The average Bonchev–Trinajstić information content (AvgIpc) is 2.88. The maximum Gasteiger partial charge on any atom is 0.341 e. The number of rotatable bonds is 5. The molecular weight excluding hydrogens is 485 g/mol. The second kappa shape index (κ2) is 8.33. The third-order valence-corrected chi connectivity index (χ3v) is 6.47. The smallest absolute Gasteiger partial charge is 0.341 e. The van der Waals surface area contributed by atoms with E-state index in [4.69, 9.17) is 21.1 Å². The molecule has 24 heavy (non-hydrogen) atoms. The molecule has 2 rings (SSSR count). The van der Waals surface area contributed by atoms with Gasteiger partial charge in [0.15, 0.2) is 0 Å². The van der Waals surface area contributed by atoms with Gasteiger partial charge in [-0.05, 0) is 50.9 Å². The Kier molecular flexibility index (Phi) is 6.68. The number of hydrogen-bond donors (Lipinski definition) is 1. The molecule has 0 atom stereocenters. The third-order valence-electron chi connectivity index (χ3n) is 2.90. The number of ether oxygens (including phenoxy) is 2. The Bertz CT molecular complexity index is 775. The number of anilines is 1. The van der Waals surface area contributed by atoms with Crippen LogP contribution in [0, 0.1) is 0 Å². The highest BCUT2D eigenvalue weighted by Gasteiger charge is 2.19. The number of hydrogen-bond acceptors (Lipinski definition) is 5. The molecule has 9 heteroatoms. The van der Waals surface area contributed by atoms with Gasteiger partial charge in [-0.3, -0.25) is 4.79 Å². The van der Waals surface area contributed by atoms with Gasteiger partial charge in [-0.1, -0.05) is 11.6 Å². The molecule has 0 saturated carbocycles. The second-order valence-electron chi connectivity index (χ2n) is 4.44. The number of methoxy groups -OCH3 is 1. The number of benzene rings is 1. The largest absolute Gasteiger partial charge is 0.496 e. The first-order valence-corrected chi connectivity index (χ1v) is 9.46. The van der Waals surface area contributed by atoms with Crippen LogP contribution in [0.4, 0.5) is 5.69 Å². The van der Waals surface area contributed by atoms with Gasteiger partial charge in [-0.15, -0.1) is 11.3 Å². The molecule has 0 aliphatic carbocycles. The van der Waals surface area contributed by atoms with Crippen molar-refractivity contribution in [3.63, 3.8) is 0 Å². The van der Waals surface area contributed by atoms with Gasteiger partial charge in [0.1, 0.15) is 11.3 Å². The molecule has 0 bridgehead atoms. The Morgan fingerprint density at radius 3 is 2.54 bits per heavy atom. The Labute approximate surface area is 164 Å². The third kappa shape index (κ3) is 4.30. The molecule has 1 N–H and O–H groups in total. The van der Waals surface area contributed by atoms with Gasteiger partial charge < -0.3 is 14.8 Å². The van der Waals surface area contributed by atoms with E-state index >= 15 is 0 Å². The molecule has 2 aromatic rings. The maximum absolute atomic E-state index is 12.3. The van der Waals surface area contributed by atoms with Crippen molar-refractivity contribution >= 4 is 72.4 Å². The Morgan fingerprint density at radius 2 is 2.00 bits per heavy atom. The SMILES string of the molecule is CCOC(=O)c1cc(Cl)c(NC(=O)c2cc(Br)c(Br)s2)cc1OC. The summed E-state index contributed by atoms with van der Waals surface area (Å²) in [6, 6.07) is 4.60. The Balaban J connectivity index is 2.30. The molecule has 1 aromatic heterocycles. The van der Waals surface area contributed by atoms with Crippen LogP contribution >= 0.6 is 54.8 Å². The van der Waals surface area contributed by atoms with Crippen LogP contribution in [0.3, 0.4) is 0 Å². The molecule has 1 amide bonds. The standard InChI is InChI=1S/C15H12Br2ClNO4S/c1-3-23-15(21)7-4-9(18)10(6-11(7)22-2)19-14(20)12-5-8(16)13(17)24-12/h4-6H,3H2,1-2H3,(H,19,20). The van der Waals surface area contributed by atoms with Gasteiger partial charge in [-0.2, -0.15) is 0 Å². The summed E-state index contributed by atoms with van der Waals surface area (Å²) in [5.41, 5.74) is 0.538. The average molecular weight is 498 g/mol. The van der Waals surface area contributed by atoms with Crippen molar-refractivity contribution in [3.05, 3.63) is 41.9 Å². The fourth-order valence-corrected chi connectivity index (χ4v) is 3.97.